The summed E-state index contributed by atoms with van der Waals surface area (Å²) in [5, 5.41) is 2.61. The van der Waals surface area contributed by atoms with Crippen molar-refractivity contribution in [3.8, 4) is 11.5 Å². The van der Waals surface area contributed by atoms with Gasteiger partial charge in [-0.15, -0.1) is 0 Å². The average molecular weight is 429 g/mol. The van der Waals surface area contributed by atoms with E-state index in [9.17, 15) is 13.2 Å². The fourth-order valence-corrected chi connectivity index (χ4v) is 3.40. The smallest absolute Gasteiger partial charge is 0.241 e. The predicted octanol–water partition coefficient (Wildman–Crippen LogP) is 2.38. The Morgan fingerprint density at radius 3 is 2.44 bits per heavy atom. The molecule has 0 saturated carbocycles. The van der Waals surface area contributed by atoms with Crippen molar-refractivity contribution in [2.24, 2.45) is 0 Å². The largest absolute Gasteiger partial charge is 0.493 e. The Bertz CT molecular complexity index is 871. The van der Waals surface area contributed by atoms with Crippen molar-refractivity contribution in [2.75, 3.05) is 26.1 Å². The van der Waals surface area contributed by atoms with Gasteiger partial charge in [-0.25, -0.2) is 13.1 Å². The maximum absolute atomic E-state index is 12.3. The van der Waals surface area contributed by atoms with Crippen LogP contribution in [0.2, 0.25) is 0 Å². The van der Waals surface area contributed by atoms with Crippen molar-refractivity contribution in [1.29, 1.82) is 0 Å². The second-order valence-electron chi connectivity index (χ2n) is 4.90. The van der Waals surface area contributed by atoms with E-state index < -0.39 is 22.5 Å². The maximum Gasteiger partial charge on any atom is 0.241 e. The van der Waals surface area contributed by atoms with Crippen molar-refractivity contribution in [3.05, 3.63) is 46.9 Å². The van der Waals surface area contributed by atoms with Crippen LogP contribution in [0.15, 0.2) is 51.8 Å². The van der Waals surface area contributed by atoms with E-state index >= 15 is 0 Å². The number of halogens is 1. The number of amides is 1. The first-order valence-electron chi connectivity index (χ1n) is 7.13. The first kappa shape index (κ1) is 19.2. The van der Waals surface area contributed by atoms with E-state index in [1.54, 1.807) is 18.2 Å². The van der Waals surface area contributed by atoms with Crippen LogP contribution in [0.3, 0.4) is 0 Å². The molecule has 9 heteroatoms. The number of sulfonamides is 1. The number of ether oxygens (including phenoxy) is 2. The Hall–Kier alpha value is -2.10. The molecule has 2 aromatic carbocycles. The van der Waals surface area contributed by atoms with Crippen LogP contribution in [0.1, 0.15) is 0 Å². The lowest BCUT2D eigenvalue weighted by Crippen LogP contribution is -2.32. The zero-order valence-corrected chi connectivity index (χ0v) is 16.0. The summed E-state index contributed by atoms with van der Waals surface area (Å²) < 4.78 is 37.8. The number of rotatable bonds is 7. The van der Waals surface area contributed by atoms with Gasteiger partial charge in [0, 0.05) is 16.2 Å². The van der Waals surface area contributed by atoms with Gasteiger partial charge in [-0.3, -0.25) is 4.79 Å². The molecule has 1 amide bonds. The summed E-state index contributed by atoms with van der Waals surface area (Å²) in [7, 11) is -1.00. The van der Waals surface area contributed by atoms with Crippen LogP contribution in [0.5, 0.6) is 11.5 Å². The first-order chi connectivity index (χ1) is 11.9. The fourth-order valence-electron chi connectivity index (χ4n) is 2.00. The lowest BCUT2D eigenvalue weighted by atomic mass is 10.3. The number of anilines is 1. The summed E-state index contributed by atoms with van der Waals surface area (Å²) in [6.07, 6.45) is 0. The van der Waals surface area contributed by atoms with Crippen LogP contribution in [0.25, 0.3) is 0 Å². The SMILES string of the molecule is COc1ccc(S(=O)(=O)NCC(=O)Nc2cccc(Br)c2)cc1OC. The third-order valence-corrected chi connectivity index (χ3v) is 5.09. The topological polar surface area (TPSA) is 93.7 Å². The number of nitrogens with one attached hydrogen (secondary N) is 2. The highest BCUT2D eigenvalue weighted by Crippen LogP contribution is 2.29. The summed E-state index contributed by atoms with van der Waals surface area (Å²) in [5.41, 5.74) is 0.560. The number of hydrogen-bond donors (Lipinski definition) is 2. The molecule has 134 valence electrons. The van der Waals surface area contributed by atoms with Crippen molar-refractivity contribution in [1.82, 2.24) is 4.72 Å². The molecule has 0 spiro atoms. The summed E-state index contributed by atoms with van der Waals surface area (Å²) in [4.78, 5) is 11.9. The van der Waals surface area contributed by atoms with Crippen molar-refractivity contribution in [2.45, 2.75) is 4.90 Å². The van der Waals surface area contributed by atoms with Crippen molar-refractivity contribution >= 4 is 37.5 Å². The number of methoxy groups -OCH3 is 2. The van der Waals surface area contributed by atoms with Gasteiger partial charge in [-0.1, -0.05) is 22.0 Å². The Balaban J connectivity index is 2.05. The molecule has 2 N–H and O–H groups in total. The lowest BCUT2D eigenvalue weighted by Gasteiger charge is -2.11. The van der Waals surface area contributed by atoms with Crippen LogP contribution in [-0.2, 0) is 14.8 Å². The minimum Gasteiger partial charge on any atom is -0.493 e. The molecule has 0 radical (unpaired) electrons. The number of benzene rings is 2. The maximum atomic E-state index is 12.3. The number of carbonyl (C=O) groups excluding carboxylic acids is 1. The molecule has 2 rings (SSSR count). The van der Waals surface area contributed by atoms with E-state index in [2.05, 4.69) is 26.0 Å². The molecule has 2 aromatic rings. The van der Waals surface area contributed by atoms with Gasteiger partial charge < -0.3 is 14.8 Å². The third kappa shape index (κ3) is 5.18. The van der Waals surface area contributed by atoms with Crippen LogP contribution in [0.4, 0.5) is 5.69 Å². The van der Waals surface area contributed by atoms with Gasteiger partial charge in [0.05, 0.1) is 25.7 Å². The molecule has 0 unspecified atom stereocenters. The van der Waals surface area contributed by atoms with Gasteiger partial charge in [0.25, 0.3) is 0 Å². The highest BCUT2D eigenvalue weighted by atomic mass is 79.9. The van der Waals surface area contributed by atoms with Crippen LogP contribution in [-0.4, -0.2) is 35.1 Å². The molecule has 0 atom stereocenters. The minimum absolute atomic E-state index is 0.0274. The van der Waals surface area contributed by atoms with Gasteiger partial charge >= 0.3 is 0 Å². The summed E-state index contributed by atoms with van der Waals surface area (Å²) in [6.45, 7) is -0.400. The molecule has 0 fully saturated rings. The van der Waals surface area contributed by atoms with Crippen molar-refractivity contribution < 1.29 is 22.7 Å². The van der Waals surface area contributed by atoms with Crippen LogP contribution in [0, 0.1) is 0 Å². The monoisotopic (exact) mass is 428 g/mol. The minimum atomic E-state index is -3.87. The molecule has 25 heavy (non-hydrogen) atoms. The van der Waals surface area contributed by atoms with E-state index in [4.69, 9.17) is 9.47 Å². The average Bonchev–Trinajstić information content (AvgIpc) is 2.59. The van der Waals surface area contributed by atoms with E-state index in [1.165, 1.54) is 32.4 Å². The van der Waals surface area contributed by atoms with E-state index in [-0.39, 0.29) is 10.6 Å². The molecule has 0 aliphatic carbocycles. The van der Waals surface area contributed by atoms with Gasteiger partial charge in [0.1, 0.15) is 0 Å². The zero-order valence-electron chi connectivity index (χ0n) is 13.6. The molecule has 0 heterocycles. The normalized spacial score (nSPS) is 11.0. The highest BCUT2D eigenvalue weighted by molar-refractivity contribution is 9.10. The molecule has 7 nitrogen and oxygen atoms in total. The zero-order chi connectivity index (χ0) is 18.4. The standard InChI is InChI=1S/C16H17BrN2O5S/c1-23-14-7-6-13(9-15(14)24-2)25(21,22)18-10-16(20)19-12-5-3-4-11(17)8-12/h3-9,18H,10H2,1-2H3,(H,19,20). The molecule has 0 bridgehead atoms. The van der Waals surface area contributed by atoms with Gasteiger partial charge in [-0.2, -0.15) is 0 Å². The highest BCUT2D eigenvalue weighted by Gasteiger charge is 2.18. The Morgan fingerprint density at radius 2 is 1.80 bits per heavy atom. The van der Waals surface area contributed by atoms with E-state index in [1.807, 2.05) is 6.07 Å². The molecule has 0 aliphatic heterocycles. The van der Waals surface area contributed by atoms with Crippen LogP contribution >= 0.6 is 15.9 Å². The number of carbonyl (C=O) groups is 1. The Morgan fingerprint density at radius 1 is 1.08 bits per heavy atom. The first-order valence-corrected chi connectivity index (χ1v) is 9.40. The van der Waals surface area contributed by atoms with E-state index in [0.717, 1.165) is 4.47 Å². The second kappa shape index (κ2) is 8.32. The lowest BCUT2D eigenvalue weighted by molar-refractivity contribution is -0.115. The molecular formula is C16H17BrN2O5S. The van der Waals surface area contributed by atoms with Crippen LogP contribution < -0.4 is 19.5 Å². The molecule has 0 saturated heterocycles. The van der Waals surface area contributed by atoms with Gasteiger partial charge in [-0.05, 0) is 30.3 Å². The fraction of sp³-hybridized carbons (Fsp3) is 0.188. The molecule has 0 aliphatic rings. The quantitative estimate of drug-likeness (QED) is 0.705. The molecular weight excluding hydrogens is 412 g/mol. The number of hydrogen-bond acceptors (Lipinski definition) is 5. The Labute approximate surface area is 154 Å². The summed E-state index contributed by atoms with van der Waals surface area (Å²) in [6, 6.07) is 11.2. The van der Waals surface area contributed by atoms with Gasteiger partial charge in [0.2, 0.25) is 15.9 Å². The second-order valence-corrected chi connectivity index (χ2v) is 7.58. The predicted molar refractivity (Wildman–Crippen MR) is 97.5 cm³/mol. The summed E-state index contributed by atoms with van der Waals surface area (Å²) in [5.74, 6) is 0.208. The molecule has 0 aromatic heterocycles. The Kier molecular flexibility index (Phi) is 6.40. The third-order valence-electron chi connectivity index (χ3n) is 3.20. The van der Waals surface area contributed by atoms with Gasteiger partial charge in [0.15, 0.2) is 11.5 Å². The van der Waals surface area contributed by atoms with Crippen molar-refractivity contribution in [3.63, 3.8) is 0 Å². The summed E-state index contributed by atoms with van der Waals surface area (Å²) >= 11 is 3.29. The van der Waals surface area contributed by atoms with E-state index in [0.29, 0.717) is 11.4 Å².